The van der Waals surface area contributed by atoms with Crippen LogP contribution >= 0.6 is 0 Å². The van der Waals surface area contributed by atoms with Gasteiger partial charge in [-0.2, -0.15) is 0 Å². The zero-order valence-electron chi connectivity index (χ0n) is 12.7. The minimum absolute atomic E-state index is 0.395. The Morgan fingerprint density at radius 2 is 2.10 bits per heavy atom. The highest BCUT2D eigenvalue weighted by Gasteiger charge is 2.39. The van der Waals surface area contributed by atoms with E-state index >= 15 is 0 Å². The summed E-state index contributed by atoms with van der Waals surface area (Å²) < 4.78 is 5.43. The number of carboxylic acids is 1. The molecule has 0 radical (unpaired) electrons. The number of aromatic nitrogens is 2. The summed E-state index contributed by atoms with van der Waals surface area (Å²) in [6.07, 6.45) is 5.95. The van der Waals surface area contributed by atoms with Crippen molar-refractivity contribution in [3.63, 3.8) is 0 Å². The van der Waals surface area contributed by atoms with Crippen molar-refractivity contribution in [1.29, 1.82) is 0 Å². The van der Waals surface area contributed by atoms with Crippen molar-refractivity contribution in [2.45, 2.75) is 46.0 Å². The lowest BCUT2D eigenvalue weighted by Gasteiger charge is -2.33. The molecule has 0 aliphatic heterocycles. The van der Waals surface area contributed by atoms with Gasteiger partial charge in [-0.15, -0.1) is 0 Å². The SMILES string of the molecule is CCOc1ncnc(NCC2(C(=O)O)CCCCC2)c1C. The Morgan fingerprint density at radius 3 is 2.71 bits per heavy atom. The number of hydrogen-bond donors (Lipinski definition) is 2. The fourth-order valence-electron chi connectivity index (χ4n) is 2.84. The summed E-state index contributed by atoms with van der Waals surface area (Å²) in [6.45, 7) is 4.71. The molecule has 1 aromatic heterocycles. The van der Waals surface area contributed by atoms with Gasteiger partial charge in [0.25, 0.3) is 0 Å². The van der Waals surface area contributed by atoms with Crippen LogP contribution < -0.4 is 10.1 Å². The van der Waals surface area contributed by atoms with Crippen molar-refractivity contribution in [2.24, 2.45) is 5.41 Å². The fraction of sp³-hybridized carbons (Fsp3) is 0.667. The van der Waals surface area contributed by atoms with E-state index in [2.05, 4.69) is 15.3 Å². The molecule has 116 valence electrons. The summed E-state index contributed by atoms with van der Waals surface area (Å²) in [5.74, 6) is 0.481. The highest BCUT2D eigenvalue weighted by molar-refractivity contribution is 5.75. The van der Waals surface area contributed by atoms with E-state index in [4.69, 9.17) is 4.74 Å². The van der Waals surface area contributed by atoms with E-state index in [1.165, 1.54) is 6.33 Å². The molecular formula is C15H23N3O3. The maximum atomic E-state index is 11.7. The molecule has 0 amide bonds. The quantitative estimate of drug-likeness (QED) is 0.838. The topological polar surface area (TPSA) is 84.3 Å². The maximum absolute atomic E-state index is 11.7. The number of carboxylic acid groups (broad SMARTS) is 1. The van der Waals surface area contributed by atoms with Gasteiger partial charge >= 0.3 is 5.97 Å². The second-order valence-corrected chi connectivity index (χ2v) is 5.59. The standard InChI is InChI=1S/C15H23N3O3/c1-3-21-13-11(2)12(17-10-18-13)16-9-15(14(19)20)7-5-4-6-8-15/h10H,3-9H2,1-2H3,(H,19,20)(H,16,17,18). The molecule has 0 saturated heterocycles. The summed E-state index contributed by atoms with van der Waals surface area (Å²) in [5.41, 5.74) is 0.136. The van der Waals surface area contributed by atoms with Crippen molar-refractivity contribution >= 4 is 11.8 Å². The molecule has 6 heteroatoms. The van der Waals surface area contributed by atoms with Gasteiger partial charge in [-0.1, -0.05) is 19.3 Å². The van der Waals surface area contributed by atoms with Crippen LogP contribution in [0.25, 0.3) is 0 Å². The average Bonchev–Trinajstić information content (AvgIpc) is 2.49. The third-order valence-electron chi connectivity index (χ3n) is 4.18. The van der Waals surface area contributed by atoms with Crippen LogP contribution in [0.2, 0.25) is 0 Å². The molecule has 21 heavy (non-hydrogen) atoms. The first-order chi connectivity index (χ1) is 10.1. The van der Waals surface area contributed by atoms with Crippen LogP contribution in [-0.2, 0) is 4.79 Å². The first-order valence-electron chi connectivity index (χ1n) is 7.51. The van der Waals surface area contributed by atoms with Crippen LogP contribution in [0.5, 0.6) is 5.88 Å². The maximum Gasteiger partial charge on any atom is 0.311 e. The van der Waals surface area contributed by atoms with Gasteiger partial charge in [-0.3, -0.25) is 4.79 Å². The van der Waals surface area contributed by atoms with Crippen molar-refractivity contribution in [2.75, 3.05) is 18.5 Å². The second-order valence-electron chi connectivity index (χ2n) is 5.59. The molecule has 1 fully saturated rings. The van der Waals surface area contributed by atoms with Gasteiger partial charge in [0, 0.05) is 6.54 Å². The molecule has 1 aromatic rings. The Morgan fingerprint density at radius 1 is 1.38 bits per heavy atom. The molecule has 0 aromatic carbocycles. The van der Waals surface area contributed by atoms with E-state index in [1.54, 1.807) is 0 Å². The number of hydrogen-bond acceptors (Lipinski definition) is 5. The van der Waals surface area contributed by atoms with E-state index in [0.29, 0.717) is 24.8 Å². The van der Waals surface area contributed by atoms with Crippen LogP contribution in [0.1, 0.15) is 44.6 Å². The lowest BCUT2D eigenvalue weighted by atomic mass is 9.74. The largest absolute Gasteiger partial charge is 0.481 e. The molecule has 6 nitrogen and oxygen atoms in total. The molecule has 1 saturated carbocycles. The number of nitrogens with one attached hydrogen (secondary N) is 1. The van der Waals surface area contributed by atoms with Gasteiger partial charge in [0.15, 0.2) is 0 Å². The smallest absolute Gasteiger partial charge is 0.311 e. The van der Waals surface area contributed by atoms with Gasteiger partial charge in [0.2, 0.25) is 5.88 Å². The zero-order valence-corrected chi connectivity index (χ0v) is 12.7. The van der Waals surface area contributed by atoms with Crippen LogP contribution in [0.4, 0.5) is 5.82 Å². The van der Waals surface area contributed by atoms with Crippen LogP contribution in [0.3, 0.4) is 0 Å². The van der Waals surface area contributed by atoms with Crippen molar-refractivity contribution in [1.82, 2.24) is 9.97 Å². The Labute approximate surface area is 124 Å². The number of nitrogens with zero attached hydrogens (tertiary/aromatic N) is 2. The molecule has 2 rings (SSSR count). The Balaban J connectivity index is 2.11. The normalized spacial score (nSPS) is 17.2. The van der Waals surface area contributed by atoms with E-state index in [9.17, 15) is 9.90 Å². The minimum Gasteiger partial charge on any atom is -0.481 e. The first-order valence-corrected chi connectivity index (χ1v) is 7.51. The number of ether oxygens (including phenoxy) is 1. The van der Waals surface area contributed by atoms with E-state index in [-0.39, 0.29) is 0 Å². The molecule has 0 atom stereocenters. The molecule has 1 aliphatic rings. The second kappa shape index (κ2) is 6.74. The van der Waals surface area contributed by atoms with Crippen molar-refractivity contribution in [3.05, 3.63) is 11.9 Å². The Kier molecular flexibility index (Phi) is 4.98. The molecule has 1 heterocycles. The van der Waals surface area contributed by atoms with Crippen LogP contribution in [0, 0.1) is 12.3 Å². The molecule has 2 N–H and O–H groups in total. The van der Waals surface area contributed by atoms with E-state index in [0.717, 1.165) is 37.7 Å². The third-order valence-corrected chi connectivity index (χ3v) is 4.18. The predicted molar refractivity (Wildman–Crippen MR) is 79.6 cm³/mol. The summed E-state index contributed by atoms with van der Waals surface area (Å²) in [5, 5.41) is 12.8. The minimum atomic E-state index is -0.716. The summed E-state index contributed by atoms with van der Waals surface area (Å²) in [4.78, 5) is 19.9. The molecule has 1 aliphatic carbocycles. The number of carbonyl (C=O) groups is 1. The number of aliphatic carboxylic acids is 1. The Bertz CT molecular complexity index is 499. The first kappa shape index (κ1) is 15.5. The monoisotopic (exact) mass is 293 g/mol. The number of anilines is 1. The van der Waals surface area contributed by atoms with Crippen LogP contribution in [0.15, 0.2) is 6.33 Å². The zero-order chi connectivity index (χ0) is 15.3. The molecule has 0 spiro atoms. The van der Waals surface area contributed by atoms with Crippen LogP contribution in [-0.4, -0.2) is 34.2 Å². The fourth-order valence-corrected chi connectivity index (χ4v) is 2.84. The Hall–Kier alpha value is -1.85. The summed E-state index contributed by atoms with van der Waals surface area (Å²) in [6, 6.07) is 0. The summed E-state index contributed by atoms with van der Waals surface area (Å²) >= 11 is 0. The van der Waals surface area contributed by atoms with Crippen molar-refractivity contribution in [3.8, 4) is 5.88 Å². The van der Waals surface area contributed by atoms with Gasteiger partial charge in [0.05, 0.1) is 17.6 Å². The average molecular weight is 293 g/mol. The van der Waals surface area contributed by atoms with E-state index < -0.39 is 11.4 Å². The van der Waals surface area contributed by atoms with Crippen molar-refractivity contribution < 1.29 is 14.6 Å². The van der Waals surface area contributed by atoms with Gasteiger partial charge < -0.3 is 15.2 Å². The predicted octanol–water partition coefficient (Wildman–Crippen LogP) is 2.63. The van der Waals surface area contributed by atoms with Gasteiger partial charge in [-0.05, 0) is 26.7 Å². The lowest BCUT2D eigenvalue weighted by molar-refractivity contribution is -0.150. The molecule has 0 unspecified atom stereocenters. The molecule has 0 bridgehead atoms. The highest BCUT2D eigenvalue weighted by Crippen LogP contribution is 2.37. The van der Waals surface area contributed by atoms with Gasteiger partial charge in [-0.25, -0.2) is 9.97 Å². The lowest BCUT2D eigenvalue weighted by Crippen LogP contribution is -2.39. The molecular weight excluding hydrogens is 270 g/mol. The van der Waals surface area contributed by atoms with Gasteiger partial charge in [0.1, 0.15) is 12.1 Å². The summed E-state index contributed by atoms with van der Waals surface area (Å²) in [7, 11) is 0. The third kappa shape index (κ3) is 3.43. The number of rotatable bonds is 6. The highest BCUT2D eigenvalue weighted by atomic mass is 16.5. The van der Waals surface area contributed by atoms with E-state index in [1.807, 2.05) is 13.8 Å².